The molecular formula is C18H25IN4S. The van der Waals surface area contributed by atoms with E-state index >= 15 is 0 Å². The second kappa shape index (κ2) is 8.80. The molecule has 6 heteroatoms. The van der Waals surface area contributed by atoms with E-state index in [9.17, 15) is 0 Å². The molecule has 3 N–H and O–H groups in total. The normalized spacial score (nSPS) is 14.0. The van der Waals surface area contributed by atoms with Crippen LogP contribution in [0.4, 0.5) is 5.69 Å². The minimum absolute atomic E-state index is 0. The third-order valence-corrected chi connectivity index (χ3v) is 5.47. The van der Waals surface area contributed by atoms with Crippen molar-refractivity contribution in [2.24, 2.45) is 10.7 Å². The number of hydrogen-bond acceptors (Lipinski definition) is 3. The fourth-order valence-corrected chi connectivity index (χ4v) is 3.92. The lowest BCUT2D eigenvalue weighted by atomic mass is 9.90. The van der Waals surface area contributed by atoms with E-state index in [1.807, 2.05) is 6.92 Å². The first-order valence-corrected chi connectivity index (χ1v) is 9.06. The Hall–Kier alpha value is -1.15. The lowest BCUT2D eigenvalue weighted by Crippen LogP contribution is -2.24. The van der Waals surface area contributed by atoms with Gasteiger partial charge in [-0.1, -0.05) is 12.1 Å². The number of rotatable bonds is 4. The summed E-state index contributed by atoms with van der Waals surface area (Å²) in [7, 11) is 0. The van der Waals surface area contributed by atoms with Gasteiger partial charge in [-0.3, -0.25) is 4.99 Å². The molecule has 0 radical (unpaired) electrons. The molecule has 0 bridgehead atoms. The maximum atomic E-state index is 6.06. The zero-order chi connectivity index (χ0) is 16.2. The van der Waals surface area contributed by atoms with Gasteiger partial charge >= 0.3 is 0 Å². The van der Waals surface area contributed by atoms with Gasteiger partial charge in [0.25, 0.3) is 0 Å². The Balaban J connectivity index is 0.00000208. The molecule has 0 aliphatic heterocycles. The third-order valence-electron chi connectivity index (χ3n) is 4.34. The smallest absolute Gasteiger partial charge is 0.193 e. The summed E-state index contributed by atoms with van der Waals surface area (Å²) < 4.78 is 0. The molecular weight excluding hydrogens is 431 g/mol. The zero-order valence-electron chi connectivity index (χ0n) is 14.3. The first-order chi connectivity index (χ1) is 11.1. The van der Waals surface area contributed by atoms with Crippen LogP contribution in [0.3, 0.4) is 0 Å². The molecule has 0 unspecified atom stereocenters. The summed E-state index contributed by atoms with van der Waals surface area (Å²) in [5, 5.41) is 4.42. The van der Waals surface area contributed by atoms with Gasteiger partial charge in [-0.25, -0.2) is 4.98 Å². The number of nitrogens with two attached hydrogens (primary N) is 1. The van der Waals surface area contributed by atoms with Crippen LogP contribution in [0.1, 0.15) is 39.5 Å². The molecule has 1 aliphatic rings. The number of nitrogens with one attached hydrogen (secondary N) is 1. The third kappa shape index (κ3) is 4.69. The van der Waals surface area contributed by atoms with Crippen LogP contribution >= 0.6 is 35.3 Å². The van der Waals surface area contributed by atoms with E-state index < -0.39 is 0 Å². The number of aliphatic imine (C=N–C) groups is 1. The Morgan fingerprint density at radius 1 is 1.29 bits per heavy atom. The number of benzene rings is 1. The van der Waals surface area contributed by atoms with Crippen molar-refractivity contribution in [3.05, 3.63) is 44.9 Å². The van der Waals surface area contributed by atoms with Gasteiger partial charge in [0, 0.05) is 23.5 Å². The molecule has 24 heavy (non-hydrogen) atoms. The average Bonchev–Trinajstić information content (AvgIpc) is 2.86. The van der Waals surface area contributed by atoms with E-state index in [1.54, 1.807) is 11.3 Å². The van der Waals surface area contributed by atoms with Crippen LogP contribution in [0.25, 0.3) is 0 Å². The predicted octanol–water partition coefficient (Wildman–Crippen LogP) is 4.23. The van der Waals surface area contributed by atoms with Crippen molar-refractivity contribution in [1.29, 1.82) is 0 Å². The van der Waals surface area contributed by atoms with E-state index in [0.717, 1.165) is 29.2 Å². The maximum absolute atomic E-state index is 6.06. The van der Waals surface area contributed by atoms with E-state index in [1.165, 1.54) is 35.3 Å². The van der Waals surface area contributed by atoms with E-state index in [2.05, 4.69) is 40.4 Å². The Bertz CT molecular complexity index is 704. The number of anilines is 1. The van der Waals surface area contributed by atoms with Crippen LogP contribution < -0.4 is 11.1 Å². The summed E-state index contributed by atoms with van der Waals surface area (Å²) in [4.78, 5) is 10.3. The molecule has 1 aliphatic carbocycles. The van der Waals surface area contributed by atoms with Crippen molar-refractivity contribution in [3.63, 3.8) is 0 Å². The van der Waals surface area contributed by atoms with Crippen molar-refractivity contribution >= 4 is 47.0 Å². The molecule has 2 aromatic rings. The van der Waals surface area contributed by atoms with Crippen LogP contribution in [-0.2, 0) is 19.3 Å². The van der Waals surface area contributed by atoms with Gasteiger partial charge in [-0.2, -0.15) is 0 Å². The highest BCUT2D eigenvalue weighted by atomic mass is 127. The zero-order valence-corrected chi connectivity index (χ0v) is 17.4. The Morgan fingerprint density at radius 3 is 2.83 bits per heavy atom. The van der Waals surface area contributed by atoms with Gasteiger partial charge in [-0.05, 0) is 56.7 Å². The summed E-state index contributed by atoms with van der Waals surface area (Å²) in [5.41, 5.74) is 11.1. The molecule has 3 rings (SSSR count). The topological polar surface area (TPSA) is 63.3 Å². The highest BCUT2D eigenvalue weighted by molar-refractivity contribution is 14.0. The molecule has 1 aromatic carbocycles. The first kappa shape index (κ1) is 19.2. The summed E-state index contributed by atoms with van der Waals surface area (Å²) in [6.45, 7) is 4.82. The number of guanidine groups is 1. The minimum atomic E-state index is 0. The number of fused-ring (bicyclic) bond motifs is 1. The summed E-state index contributed by atoms with van der Waals surface area (Å²) >= 11 is 1.75. The van der Waals surface area contributed by atoms with Crippen LogP contribution in [0, 0.1) is 13.8 Å². The molecule has 0 spiro atoms. The lowest BCUT2D eigenvalue weighted by molar-refractivity contribution is 0.687. The predicted molar refractivity (Wildman–Crippen MR) is 114 cm³/mol. The van der Waals surface area contributed by atoms with Crippen molar-refractivity contribution in [2.45, 2.75) is 46.0 Å². The molecule has 1 aromatic heterocycles. The number of halogens is 1. The summed E-state index contributed by atoms with van der Waals surface area (Å²) in [6, 6.07) is 6.42. The maximum Gasteiger partial charge on any atom is 0.193 e. The number of hydrogen-bond donors (Lipinski definition) is 2. The SMILES string of the molecule is Cc1nc(CCN=C(N)Nc2cccc3c2CCCC3)sc1C.I. The lowest BCUT2D eigenvalue weighted by Gasteiger charge is -2.19. The summed E-state index contributed by atoms with van der Waals surface area (Å²) in [6.07, 6.45) is 5.68. The molecule has 0 atom stereocenters. The Morgan fingerprint density at radius 2 is 2.08 bits per heavy atom. The first-order valence-electron chi connectivity index (χ1n) is 8.24. The summed E-state index contributed by atoms with van der Waals surface area (Å²) in [5.74, 6) is 0.494. The fourth-order valence-electron chi connectivity index (χ4n) is 2.99. The van der Waals surface area contributed by atoms with Crippen LogP contribution in [0.15, 0.2) is 23.2 Å². The molecule has 0 saturated heterocycles. The number of aromatic nitrogens is 1. The van der Waals surface area contributed by atoms with Crippen molar-refractivity contribution in [2.75, 3.05) is 11.9 Å². The molecule has 130 valence electrons. The average molecular weight is 456 g/mol. The number of nitrogens with zero attached hydrogens (tertiary/aromatic N) is 2. The highest BCUT2D eigenvalue weighted by Gasteiger charge is 2.13. The van der Waals surface area contributed by atoms with E-state index in [-0.39, 0.29) is 24.0 Å². The van der Waals surface area contributed by atoms with Crippen LogP contribution in [0.2, 0.25) is 0 Å². The van der Waals surface area contributed by atoms with Crippen molar-refractivity contribution in [3.8, 4) is 0 Å². The molecule has 0 amide bonds. The second-order valence-corrected chi connectivity index (χ2v) is 7.33. The monoisotopic (exact) mass is 456 g/mol. The van der Waals surface area contributed by atoms with Gasteiger partial charge in [0.1, 0.15) is 0 Å². The minimum Gasteiger partial charge on any atom is -0.370 e. The fraction of sp³-hybridized carbons (Fsp3) is 0.444. The van der Waals surface area contributed by atoms with Crippen LogP contribution in [0.5, 0.6) is 0 Å². The largest absolute Gasteiger partial charge is 0.370 e. The number of aryl methyl sites for hydroxylation is 3. The van der Waals surface area contributed by atoms with Gasteiger partial charge in [0.15, 0.2) is 5.96 Å². The quantitative estimate of drug-likeness (QED) is 0.411. The molecule has 0 saturated carbocycles. The Labute approximate surface area is 165 Å². The van der Waals surface area contributed by atoms with Crippen molar-refractivity contribution in [1.82, 2.24) is 4.98 Å². The highest BCUT2D eigenvalue weighted by Crippen LogP contribution is 2.27. The molecule has 0 fully saturated rings. The molecule has 4 nitrogen and oxygen atoms in total. The van der Waals surface area contributed by atoms with E-state index in [0.29, 0.717) is 12.5 Å². The number of thiazole rings is 1. The second-order valence-electron chi connectivity index (χ2n) is 6.04. The molecule has 1 heterocycles. The van der Waals surface area contributed by atoms with Gasteiger partial charge in [0.2, 0.25) is 0 Å². The van der Waals surface area contributed by atoms with E-state index in [4.69, 9.17) is 5.73 Å². The van der Waals surface area contributed by atoms with Crippen molar-refractivity contribution < 1.29 is 0 Å². The Kier molecular flexibility index (Phi) is 7.03. The standard InChI is InChI=1S/C18H24N4S.HI/c1-12-13(2)23-17(21-12)10-11-20-18(19)22-16-9-5-7-14-6-3-4-8-15(14)16;/h5,7,9H,3-4,6,8,10-11H2,1-2H3,(H3,19,20,22);1H. The van der Waals surface area contributed by atoms with Gasteiger partial charge < -0.3 is 11.1 Å². The van der Waals surface area contributed by atoms with Gasteiger partial charge in [-0.15, -0.1) is 35.3 Å². The van der Waals surface area contributed by atoms with Gasteiger partial charge in [0.05, 0.1) is 10.7 Å². The van der Waals surface area contributed by atoms with Crippen LogP contribution in [-0.4, -0.2) is 17.5 Å².